The van der Waals surface area contributed by atoms with Crippen LogP contribution in [0, 0.1) is 0 Å². The van der Waals surface area contributed by atoms with E-state index in [9.17, 15) is 9.59 Å². The van der Waals surface area contributed by atoms with Gasteiger partial charge in [0.15, 0.2) is 0 Å². The highest BCUT2D eigenvalue weighted by Gasteiger charge is 2.17. The molecule has 0 bridgehead atoms. The molecule has 1 N–H and O–H groups in total. The van der Waals surface area contributed by atoms with Crippen molar-refractivity contribution in [3.05, 3.63) is 29.3 Å². The Hall–Kier alpha value is -1.75. The Kier molecular flexibility index (Phi) is 7.74. The highest BCUT2D eigenvalue weighted by Crippen LogP contribution is 2.23. The van der Waals surface area contributed by atoms with Gasteiger partial charge in [0.25, 0.3) is 0 Å². The van der Waals surface area contributed by atoms with Gasteiger partial charge in [0.1, 0.15) is 5.75 Å². The van der Waals surface area contributed by atoms with Gasteiger partial charge in [0.05, 0.1) is 18.1 Å². The quantitative estimate of drug-likeness (QED) is 0.707. The number of amides is 1. The van der Waals surface area contributed by atoms with Gasteiger partial charge in [-0.3, -0.25) is 9.59 Å². The van der Waals surface area contributed by atoms with Gasteiger partial charge in [0, 0.05) is 19.0 Å². The van der Waals surface area contributed by atoms with E-state index in [1.807, 2.05) is 26.0 Å². The smallest absolute Gasteiger partial charge is 0.305 e. The molecule has 1 rings (SSSR count). The third kappa shape index (κ3) is 6.35. The lowest BCUT2D eigenvalue weighted by atomic mass is 10.2. The topological polar surface area (TPSA) is 66.8 Å². The number of benzene rings is 1. The SMILES string of the molecule is CC(C)N(CCC(=O)O)C(=O)CCCOc1ccccc1Cl. The fraction of sp³-hybridized carbons (Fsp3) is 0.500. The second-order valence-corrected chi connectivity index (χ2v) is 5.61. The number of halogens is 1. The number of hydrogen-bond donors (Lipinski definition) is 1. The van der Waals surface area contributed by atoms with Crippen molar-refractivity contribution in [2.75, 3.05) is 13.2 Å². The predicted molar refractivity (Wildman–Crippen MR) is 85.3 cm³/mol. The van der Waals surface area contributed by atoms with Gasteiger partial charge in [-0.2, -0.15) is 0 Å². The van der Waals surface area contributed by atoms with Gasteiger partial charge in [-0.05, 0) is 32.4 Å². The summed E-state index contributed by atoms with van der Waals surface area (Å²) in [5.41, 5.74) is 0. The number of hydrogen-bond acceptors (Lipinski definition) is 3. The van der Waals surface area contributed by atoms with Crippen LogP contribution in [0.3, 0.4) is 0 Å². The molecule has 0 saturated heterocycles. The van der Waals surface area contributed by atoms with Crippen molar-refractivity contribution in [1.29, 1.82) is 0 Å². The lowest BCUT2D eigenvalue weighted by Gasteiger charge is -2.26. The van der Waals surface area contributed by atoms with Crippen LogP contribution in [-0.2, 0) is 9.59 Å². The molecule has 6 heteroatoms. The summed E-state index contributed by atoms with van der Waals surface area (Å²) < 4.78 is 5.53. The molecule has 0 heterocycles. The molecule has 122 valence electrons. The van der Waals surface area contributed by atoms with E-state index in [-0.39, 0.29) is 24.9 Å². The minimum atomic E-state index is -0.902. The molecule has 0 aliphatic carbocycles. The van der Waals surface area contributed by atoms with Gasteiger partial charge >= 0.3 is 5.97 Å². The average Bonchev–Trinajstić information content (AvgIpc) is 2.44. The van der Waals surface area contributed by atoms with Gasteiger partial charge in [-0.1, -0.05) is 23.7 Å². The molecular weight excluding hydrogens is 306 g/mol. The Morgan fingerprint density at radius 2 is 1.95 bits per heavy atom. The summed E-state index contributed by atoms with van der Waals surface area (Å²) in [6.07, 6.45) is 0.836. The first-order valence-corrected chi connectivity index (χ1v) is 7.68. The number of carbonyl (C=O) groups is 2. The minimum absolute atomic E-state index is 0.0173. The average molecular weight is 328 g/mol. The van der Waals surface area contributed by atoms with E-state index in [0.29, 0.717) is 30.2 Å². The van der Waals surface area contributed by atoms with Crippen LogP contribution in [0.15, 0.2) is 24.3 Å². The Balaban J connectivity index is 2.37. The zero-order valence-electron chi connectivity index (χ0n) is 12.9. The molecule has 0 spiro atoms. The number of aliphatic carboxylic acids is 1. The number of nitrogens with zero attached hydrogens (tertiary/aromatic N) is 1. The third-order valence-corrected chi connectivity index (χ3v) is 3.45. The molecule has 0 fully saturated rings. The standard InChI is InChI=1S/C16H22ClNO4/c1-12(2)18(10-9-16(20)21)15(19)8-5-11-22-14-7-4-3-6-13(14)17/h3-4,6-7,12H,5,8-11H2,1-2H3,(H,20,21). The maximum absolute atomic E-state index is 12.1. The Bertz CT molecular complexity index is 505. The second kappa shape index (κ2) is 9.30. The van der Waals surface area contributed by atoms with Crippen molar-refractivity contribution in [1.82, 2.24) is 4.90 Å². The van der Waals surface area contributed by atoms with Gasteiger partial charge in [-0.15, -0.1) is 0 Å². The van der Waals surface area contributed by atoms with Gasteiger partial charge < -0.3 is 14.7 Å². The summed E-state index contributed by atoms with van der Waals surface area (Å²) >= 11 is 5.97. The van der Waals surface area contributed by atoms with E-state index < -0.39 is 5.97 Å². The zero-order valence-corrected chi connectivity index (χ0v) is 13.7. The molecule has 1 amide bonds. The largest absolute Gasteiger partial charge is 0.492 e. The van der Waals surface area contributed by atoms with Crippen LogP contribution in [0.25, 0.3) is 0 Å². The summed E-state index contributed by atoms with van der Waals surface area (Å²) in [6, 6.07) is 7.16. The number of carboxylic acid groups (broad SMARTS) is 1. The number of ether oxygens (including phenoxy) is 1. The van der Waals surface area contributed by atoms with Crippen LogP contribution in [0.5, 0.6) is 5.75 Å². The van der Waals surface area contributed by atoms with Crippen LogP contribution in [0.1, 0.15) is 33.1 Å². The monoisotopic (exact) mass is 327 g/mol. The number of rotatable bonds is 9. The highest BCUT2D eigenvalue weighted by atomic mass is 35.5. The Morgan fingerprint density at radius 1 is 1.27 bits per heavy atom. The summed E-state index contributed by atoms with van der Waals surface area (Å²) in [7, 11) is 0. The van der Waals surface area contributed by atoms with E-state index in [1.165, 1.54) is 0 Å². The van der Waals surface area contributed by atoms with Gasteiger partial charge in [0.2, 0.25) is 5.91 Å². The molecule has 0 saturated carbocycles. The molecule has 1 aromatic carbocycles. The summed E-state index contributed by atoms with van der Waals surface area (Å²) in [4.78, 5) is 24.3. The van der Waals surface area contributed by atoms with E-state index in [4.69, 9.17) is 21.4 Å². The predicted octanol–water partition coefficient (Wildman–Crippen LogP) is 3.21. The van der Waals surface area contributed by atoms with E-state index in [1.54, 1.807) is 17.0 Å². The maximum atomic E-state index is 12.1. The van der Waals surface area contributed by atoms with Crippen LogP contribution >= 0.6 is 11.6 Å². The highest BCUT2D eigenvalue weighted by molar-refractivity contribution is 6.32. The fourth-order valence-electron chi connectivity index (χ4n) is 2.00. The molecule has 0 radical (unpaired) electrons. The Morgan fingerprint density at radius 3 is 2.55 bits per heavy atom. The van der Waals surface area contributed by atoms with Crippen molar-refractivity contribution >= 4 is 23.5 Å². The zero-order chi connectivity index (χ0) is 16.5. The van der Waals surface area contributed by atoms with Crippen molar-refractivity contribution in [3.8, 4) is 5.75 Å². The summed E-state index contributed by atoms with van der Waals surface area (Å²) in [5, 5.41) is 9.26. The number of carbonyl (C=O) groups excluding carboxylic acids is 1. The molecule has 0 atom stereocenters. The fourth-order valence-corrected chi connectivity index (χ4v) is 2.19. The molecule has 1 aromatic rings. The summed E-state index contributed by atoms with van der Waals surface area (Å²) in [5.74, 6) is -0.359. The lowest BCUT2D eigenvalue weighted by Crippen LogP contribution is -2.38. The normalized spacial score (nSPS) is 10.5. The molecule has 0 aliphatic rings. The van der Waals surface area contributed by atoms with Crippen LogP contribution in [0.4, 0.5) is 0 Å². The molecule has 22 heavy (non-hydrogen) atoms. The van der Waals surface area contributed by atoms with Crippen LogP contribution < -0.4 is 4.74 Å². The van der Waals surface area contributed by atoms with Crippen molar-refractivity contribution in [3.63, 3.8) is 0 Å². The van der Waals surface area contributed by atoms with Crippen molar-refractivity contribution in [2.45, 2.75) is 39.2 Å². The first-order valence-electron chi connectivity index (χ1n) is 7.30. The number of carboxylic acids is 1. The van der Waals surface area contributed by atoms with Gasteiger partial charge in [-0.25, -0.2) is 0 Å². The van der Waals surface area contributed by atoms with Crippen molar-refractivity contribution < 1.29 is 19.4 Å². The molecule has 0 aliphatic heterocycles. The first kappa shape index (κ1) is 18.3. The maximum Gasteiger partial charge on any atom is 0.305 e. The lowest BCUT2D eigenvalue weighted by molar-refractivity contribution is -0.139. The molecular formula is C16H22ClNO4. The van der Waals surface area contributed by atoms with Crippen LogP contribution in [0.2, 0.25) is 5.02 Å². The number of para-hydroxylation sites is 1. The molecule has 5 nitrogen and oxygen atoms in total. The third-order valence-electron chi connectivity index (χ3n) is 3.14. The minimum Gasteiger partial charge on any atom is -0.492 e. The second-order valence-electron chi connectivity index (χ2n) is 5.21. The first-order chi connectivity index (χ1) is 10.4. The Labute approximate surface area is 135 Å². The summed E-state index contributed by atoms with van der Waals surface area (Å²) in [6.45, 7) is 4.37. The van der Waals surface area contributed by atoms with E-state index in [0.717, 1.165) is 0 Å². The van der Waals surface area contributed by atoms with E-state index in [2.05, 4.69) is 0 Å². The van der Waals surface area contributed by atoms with Crippen molar-refractivity contribution in [2.24, 2.45) is 0 Å². The van der Waals surface area contributed by atoms with Crippen LogP contribution in [-0.4, -0.2) is 41.1 Å². The van der Waals surface area contributed by atoms with E-state index >= 15 is 0 Å². The molecule has 0 unspecified atom stereocenters. The molecule has 0 aromatic heterocycles.